The van der Waals surface area contributed by atoms with Crippen molar-refractivity contribution in [3.05, 3.63) is 0 Å². The highest BCUT2D eigenvalue weighted by molar-refractivity contribution is 7.90. The third-order valence-electron chi connectivity index (χ3n) is 1.56. The Morgan fingerprint density at radius 1 is 1.57 bits per heavy atom. The second-order valence-corrected chi connectivity index (χ2v) is 5.98. The molecule has 0 aliphatic carbocycles. The van der Waals surface area contributed by atoms with Crippen molar-refractivity contribution in [1.29, 1.82) is 0 Å². The number of hydrogen-bond donors (Lipinski definition) is 1. The van der Waals surface area contributed by atoms with E-state index < -0.39 is 9.84 Å². The summed E-state index contributed by atoms with van der Waals surface area (Å²) in [5.74, 6) is 0.319. The first kappa shape index (κ1) is 11.2. The van der Waals surface area contributed by atoms with Crippen LogP contribution in [0.25, 0.3) is 0 Å². The smallest absolute Gasteiger partial charge is 0.233 e. The zero-order valence-electron chi connectivity index (χ0n) is 7.97. The summed E-state index contributed by atoms with van der Waals surface area (Å²) in [7, 11) is -1.18. The molecule has 0 atom stereocenters. The monoisotopic (exact) mass is 236 g/mol. The summed E-state index contributed by atoms with van der Waals surface area (Å²) in [6.45, 7) is 0.396. The zero-order chi connectivity index (χ0) is 10.8. The van der Waals surface area contributed by atoms with Gasteiger partial charge in [-0.15, -0.1) is 0 Å². The molecule has 0 fully saturated rings. The highest BCUT2D eigenvalue weighted by Gasteiger charge is 2.09. The zero-order valence-corrected chi connectivity index (χ0v) is 9.60. The molecule has 0 spiro atoms. The van der Waals surface area contributed by atoms with E-state index in [0.717, 1.165) is 11.5 Å². The molecule has 2 N–H and O–H groups in total. The topological polar surface area (TPSA) is 89.2 Å². The van der Waals surface area contributed by atoms with Gasteiger partial charge >= 0.3 is 0 Å². The van der Waals surface area contributed by atoms with E-state index in [1.165, 1.54) is 6.26 Å². The van der Waals surface area contributed by atoms with Gasteiger partial charge in [0.15, 0.2) is 0 Å². The molecule has 0 radical (unpaired) electrons. The quantitative estimate of drug-likeness (QED) is 0.765. The molecule has 8 heteroatoms. The first-order chi connectivity index (χ1) is 6.38. The Hall–Kier alpha value is -0.890. The average Bonchev–Trinajstić information content (AvgIpc) is 2.46. The van der Waals surface area contributed by atoms with Crippen LogP contribution in [0, 0.1) is 0 Å². The second-order valence-electron chi connectivity index (χ2n) is 2.99. The van der Waals surface area contributed by atoms with Crippen LogP contribution in [0.15, 0.2) is 0 Å². The molecule has 1 heterocycles. The van der Waals surface area contributed by atoms with E-state index in [0.29, 0.717) is 11.7 Å². The molecule has 1 rings (SSSR count). The van der Waals surface area contributed by atoms with Crippen molar-refractivity contribution in [2.24, 2.45) is 0 Å². The number of nitrogen functional groups attached to an aromatic ring is 1. The van der Waals surface area contributed by atoms with Crippen molar-refractivity contribution in [2.75, 3.05) is 36.2 Å². The minimum atomic E-state index is -2.94. The van der Waals surface area contributed by atoms with Crippen molar-refractivity contribution >= 4 is 32.4 Å². The minimum absolute atomic E-state index is 0.100. The van der Waals surface area contributed by atoms with Crippen molar-refractivity contribution < 1.29 is 8.42 Å². The molecular weight excluding hydrogens is 224 g/mol. The van der Waals surface area contributed by atoms with Crippen LogP contribution in [0.4, 0.5) is 11.1 Å². The number of anilines is 2. The summed E-state index contributed by atoms with van der Waals surface area (Å²) < 4.78 is 25.6. The standard InChI is InChI=1S/C6H12N4O2S2/c1-10(3-4-14(2,11)12)6-8-5(7)9-13-6/h3-4H2,1-2H3,(H2,7,9). The fourth-order valence-electron chi connectivity index (χ4n) is 0.780. The van der Waals surface area contributed by atoms with E-state index in [-0.39, 0.29) is 11.7 Å². The summed E-state index contributed by atoms with van der Waals surface area (Å²) in [5.41, 5.74) is 5.34. The molecule has 0 saturated carbocycles. The lowest BCUT2D eigenvalue weighted by molar-refractivity contribution is 0.601. The van der Waals surface area contributed by atoms with E-state index in [4.69, 9.17) is 5.73 Å². The summed E-state index contributed by atoms with van der Waals surface area (Å²) in [5, 5.41) is 0.631. The largest absolute Gasteiger partial charge is 0.367 e. The van der Waals surface area contributed by atoms with Crippen LogP contribution in [-0.4, -0.2) is 43.4 Å². The van der Waals surface area contributed by atoms with E-state index >= 15 is 0 Å². The molecule has 14 heavy (non-hydrogen) atoms. The Labute approximate surface area is 86.8 Å². The van der Waals surface area contributed by atoms with Gasteiger partial charge in [0.1, 0.15) is 9.84 Å². The van der Waals surface area contributed by atoms with Crippen LogP contribution in [0.1, 0.15) is 0 Å². The van der Waals surface area contributed by atoms with Crippen molar-refractivity contribution in [2.45, 2.75) is 0 Å². The highest BCUT2D eigenvalue weighted by atomic mass is 32.2. The lowest BCUT2D eigenvalue weighted by Gasteiger charge is -2.13. The normalized spacial score (nSPS) is 11.6. The van der Waals surface area contributed by atoms with Crippen LogP contribution in [-0.2, 0) is 9.84 Å². The van der Waals surface area contributed by atoms with Gasteiger partial charge in [-0.05, 0) is 0 Å². The number of aromatic nitrogens is 2. The van der Waals surface area contributed by atoms with Gasteiger partial charge in [-0.2, -0.15) is 9.36 Å². The van der Waals surface area contributed by atoms with Crippen molar-refractivity contribution in [3.63, 3.8) is 0 Å². The second kappa shape index (κ2) is 4.09. The van der Waals surface area contributed by atoms with Gasteiger partial charge in [0, 0.05) is 31.4 Å². The molecule has 80 valence electrons. The maximum atomic E-state index is 10.9. The van der Waals surface area contributed by atoms with Gasteiger partial charge in [-0.25, -0.2) is 8.42 Å². The summed E-state index contributed by atoms with van der Waals surface area (Å²) in [6.07, 6.45) is 1.20. The third-order valence-corrected chi connectivity index (χ3v) is 3.32. The van der Waals surface area contributed by atoms with Crippen LogP contribution in [0.2, 0.25) is 0 Å². The number of sulfone groups is 1. The van der Waals surface area contributed by atoms with Gasteiger partial charge in [-0.1, -0.05) is 0 Å². The predicted molar refractivity (Wildman–Crippen MR) is 57.3 cm³/mol. The summed E-state index contributed by atoms with van der Waals surface area (Å²) in [4.78, 5) is 5.64. The predicted octanol–water partition coefficient (Wildman–Crippen LogP) is -0.399. The van der Waals surface area contributed by atoms with E-state index in [2.05, 4.69) is 9.36 Å². The molecule has 1 aromatic heterocycles. The number of nitrogens with zero attached hydrogens (tertiary/aromatic N) is 3. The Kier molecular flexibility index (Phi) is 3.27. The fourth-order valence-corrected chi connectivity index (χ4v) is 1.97. The lowest BCUT2D eigenvalue weighted by Crippen LogP contribution is -2.24. The van der Waals surface area contributed by atoms with Gasteiger partial charge in [0.05, 0.1) is 5.75 Å². The molecule has 0 unspecified atom stereocenters. The van der Waals surface area contributed by atoms with Crippen LogP contribution in [0.5, 0.6) is 0 Å². The maximum Gasteiger partial charge on any atom is 0.233 e. The van der Waals surface area contributed by atoms with E-state index in [1.54, 1.807) is 11.9 Å². The summed E-state index contributed by atoms with van der Waals surface area (Å²) >= 11 is 1.15. The van der Waals surface area contributed by atoms with Gasteiger partial charge in [0.2, 0.25) is 11.1 Å². The number of nitrogens with two attached hydrogens (primary N) is 1. The van der Waals surface area contributed by atoms with Crippen LogP contribution < -0.4 is 10.6 Å². The Bertz CT molecular complexity index is 400. The third kappa shape index (κ3) is 3.46. The average molecular weight is 236 g/mol. The van der Waals surface area contributed by atoms with Gasteiger partial charge in [0.25, 0.3) is 0 Å². The Balaban J connectivity index is 2.55. The first-order valence-electron chi connectivity index (χ1n) is 3.86. The lowest BCUT2D eigenvalue weighted by atomic mass is 10.7. The molecule has 0 amide bonds. The molecule has 0 aromatic carbocycles. The van der Waals surface area contributed by atoms with Crippen molar-refractivity contribution in [1.82, 2.24) is 9.36 Å². The Morgan fingerprint density at radius 3 is 2.64 bits per heavy atom. The number of hydrogen-bond acceptors (Lipinski definition) is 7. The van der Waals surface area contributed by atoms with Gasteiger partial charge < -0.3 is 10.6 Å². The first-order valence-corrected chi connectivity index (χ1v) is 6.70. The Morgan fingerprint density at radius 2 is 2.21 bits per heavy atom. The number of rotatable bonds is 4. The molecule has 0 aliphatic rings. The van der Waals surface area contributed by atoms with E-state index in [1.807, 2.05) is 0 Å². The maximum absolute atomic E-state index is 10.9. The van der Waals surface area contributed by atoms with Gasteiger partial charge in [-0.3, -0.25) is 0 Å². The highest BCUT2D eigenvalue weighted by Crippen LogP contribution is 2.15. The molecule has 0 bridgehead atoms. The fraction of sp³-hybridized carbons (Fsp3) is 0.667. The van der Waals surface area contributed by atoms with E-state index in [9.17, 15) is 8.42 Å². The summed E-state index contributed by atoms with van der Waals surface area (Å²) in [6, 6.07) is 0. The molecule has 1 aromatic rings. The SMILES string of the molecule is CN(CCS(C)(=O)=O)c1nc(N)ns1. The van der Waals surface area contributed by atoms with Crippen LogP contribution in [0.3, 0.4) is 0 Å². The van der Waals surface area contributed by atoms with Crippen molar-refractivity contribution in [3.8, 4) is 0 Å². The molecule has 0 saturated heterocycles. The minimum Gasteiger partial charge on any atom is -0.367 e. The molecule has 6 nitrogen and oxygen atoms in total. The van der Waals surface area contributed by atoms with Crippen LogP contribution >= 0.6 is 11.5 Å². The molecular formula is C6H12N4O2S2. The molecule has 0 aliphatic heterocycles.